The van der Waals surface area contributed by atoms with E-state index in [9.17, 15) is 23.1 Å². The Hall–Kier alpha value is -2.52. The van der Waals surface area contributed by atoms with Gasteiger partial charge < -0.3 is 15.7 Å². The molecule has 3 unspecified atom stereocenters. The highest BCUT2D eigenvalue weighted by atomic mass is 32.1. The first-order chi connectivity index (χ1) is 12.2. The molecule has 0 bridgehead atoms. The first kappa shape index (κ1) is 18.3. The van der Waals surface area contributed by atoms with Crippen LogP contribution in [0.1, 0.15) is 22.0 Å². The molecule has 1 aromatic heterocycles. The van der Waals surface area contributed by atoms with Crippen LogP contribution in [0.15, 0.2) is 54.9 Å². The zero-order valence-electron chi connectivity index (χ0n) is 13.2. The highest BCUT2D eigenvalue weighted by Gasteiger charge is 2.65. The summed E-state index contributed by atoms with van der Waals surface area (Å²) in [7, 11) is 0. The molecule has 0 radical (unpaired) electrons. The first-order valence-corrected chi connectivity index (χ1v) is 8.02. The van der Waals surface area contributed by atoms with Crippen LogP contribution in [-0.4, -0.2) is 32.9 Å². The van der Waals surface area contributed by atoms with Crippen molar-refractivity contribution >= 4 is 23.1 Å². The van der Waals surface area contributed by atoms with Gasteiger partial charge in [-0.15, -0.1) is 0 Å². The number of halogens is 3. The van der Waals surface area contributed by atoms with Gasteiger partial charge in [0.2, 0.25) is 5.72 Å². The van der Waals surface area contributed by atoms with Crippen molar-refractivity contribution < 1.29 is 23.1 Å². The van der Waals surface area contributed by atoms with Crippen LogP contribution < -0.4 is 10.6 Å². The standard InChI is InChI=1S/C17H14F3N3O2S/c18-17(19,20)16(25)12(14(24)10-5-2-1-3-6-10)13(22-15(26)23-16)11-7-4-8-21-9-11/h1-9,12-13,25H,(H2,22,23,26). The summed E-state index contributed by atoms with van der Waals surface area (Å²) in [6.07, 6.45) is -2.37. The maximum Gasteiger partial charge on any atom is 0.437 e. The van der Waals surface area contributed by atoms with Gasteiger partial charge in [0.05, 0.1) is 6.04 Å². The summed E-state index contributed by atoms with van der Waals surface area (Å²) in [5.41, 5.74) is -3.18. The number of ketones is 1. The van der Waals surface area contributed by atoms with Gasteiger partial charge in [-0.05, 0) is 23.8 Å². The molecule has 1 saturated heterocycles. The highest BCUT2D eigenvalue weighted by molar-refractivity contribution is 7.80. The van der Waals surface area contributed by atoms with Gasteiger partial charge in [-0.1, -0.05) is 36.4 Å². The van der Waals surface area contributed by atoms with Crippen molar-refractivity contribution in [2.75, 3.05) is 0 Å². The van der Waals surface area contributed by atoms with E-state index < -0.39 is 34.8 Å². The zero-order valence-corrected chi connectivity index (χ0v) is 14.0. The molecule has 3 N–H and O–H groups in total. The van der Waals surface area contributed by atoms with Crippen LogP contribution in [0, 0.1) is 5.92 Å². The number of nitrogens with one attached hydrogen (secondary N) is 2. The van der Waals surface area contributed by atoms with E-state index in [0.717, 1.165) is 0 Å². The van der Waals surface area contributed by atoms with E-state index in [1.807, 2.05) is 5.32 Å². The maximum absolute atomic E-state index is 13.7. The van der Waals surface area contributed by atoms with E-state index in [2.05, 4.69) is 10.3 Å². The Morgan fingerprint density at radius 1 is 1.19 bits per heavy atom. The smallest absolute Gasteiger partial charge is 0.363 e. The van der Waals surface area contributed by atoms with Gasteiger partial charge in [0.25, 0.3) is 0 Å². The van der Waals surface area contributed by atoms with Gasteiger partial charge in [0.15, 0.2) is 10.9 Å². The van der Waals surface area contributed by atoms with Crippen LogP contribution in [0.4, 0.5) is 13.2 Å². The number of benzene rings is 1. The number of alkyl halides is 3. The van der Waals surface area contributed by atoms with E-state index in [4.69, 9.17) is 12.2 Å². The largest absolute Gasteiger partial charge is 0.437 e. The number of Topliss-reactive ketones (excluding diaryl/α,β-unsaturated/α-hetero) is 1. The molecular formula is C17H14F3N3O2S. The summed E-state index contributed by atoms with van der Waals surface area (Å²) in [5.74, 6) is -2.79. The van der Waals surface area contributed by atoms with Crippen molar-refractivity contribution in [3.05, 3.63) is 66.0 Å². The molecule has 9 heteroatoms. The second-order valence-corrected chi connectivity index (χ2v) is 6.24. The first-order valence-electron chi connectivity index (χ1n) is 7.61. The molecule has 0 aliphatic carbocycles. The van der Waals surface area contributed by atoms with Crippen LogP contribution in [0.3, 0.4) is 0 Å². The van der Waals surface area contributed by atoms with Crippen LogP contribution >= 0.6 is 12.2 Å². The molecule has 0 saturated carbocycles. The van der Waals surface area contributed by atoms with Gasteiger partial charge in [-0.3, -0.25) is 9.78 Å². The second kappa shape index (κ2) is 6.65. The lowest BCUT2D eigenvalue weighted by molar-refractivity contribution is -0.285. The monoisotopic (exact) mass is 381 g/mol. The number of thiocarbonyl (C=S) groups is 1. The lowest BCUT2D eigenvalue weighted by Gasteiger charge is -2.46. The third kappa shape index (κ3) is 3.15. The summed E-state index contributed by atoms with van der Waals surface area (Å²) in [6, 6.07) is 9.33. The third-order valence-corrected chi connectivity index (χ3v) is 4.41. The van der Waals surface area contributed by atoms with Crippen LogP contribution in [0.5, 0.6) is 0 Å². The molecule has 0 spiro atoms. The Morgan fingerprint density at radius 2 is 1.88 bits per heavy atom. The fourth-order valence-corrected chi connectivity index (χ4v) is 3.24. The van der Waals surface area contributed by atoms with E-state index in [-0.39, 0.29) is 5.56 Å². The van der Waals surface area contributed by atoms with Gasteiger partial charge >= 0.3 is 6.18 Å². The molecule has 26 heavy (non-hydrogen) atoms. The normalized spacial score (nSPS) is 25.9. The minimum Gasteiger partial charge on any atom is -0.363 e. The number of aromatic nitrogens is 1. The van der Waals surface area contributed by atoms with Gasteiger partial charge in [0, 0.05) is 18.0 Å². The number of rotatable bonds is 3. The van der Waals surface area contributed by atoms with Gasteiger partial charge in [-0.2, -0.15) is 13.2 Å². The number of carbonyl (C=O) groups excluding carboxylic acids is 1. The summed E-state index contributed by atoms with van der Waals surface area (Å²) in [6.45, 7) is 0. The van der Waals surface area contributed by atoms with E-state index in [1.54, 1.807) is 6.07 Å². The Bertz CT molecular complexity index is 817. The minimum atomic E-state index is -5.14. The summed E-state index contributed by atoms with van der Waals surface area (Å²) in [4.78, 5) is 16.8. The molecule has 1 aliphatic heterocycles. The Kier molecular flexibility index (Phi) is 4.68. The fraction of sp³-hybridized carbons (Fsp3) is 0.235. The Balaban J connectivity index is 2.15. The number of hydrogen-bond donors (Lipinski definition) is 3. The predicted octanol–water partition coefficient (Wildman–Crippen LogP) is 2.35. The SMILES string of the molecule is O=C(c1ccccc1)C1C(c2cccnc2)NC(=S)NC1(O)C(F)(F)F. The highest BCUT2D eigenvalue weighted by Crippen LogP contribution is 2.43. The molecule has 136 valence electrons. The van der Waals surface area contributed by atoms with Crippen molar-refractivity contribution in [2.24, 2.45) is 5.92 Å². The third-order valence-electron chi connectivity index (χ3n) is 4.19. The van der Waals surface area contributed by atoms with Crippen molar-refractivity contribution in [1.82, 2.24) is 15.6 Å². The quantitative estimate of drug-likeness (QED) is 0.560. The average molecular weight is 381 g/mol. The predicted molar refractivity (Wildman–Crippen MR) is 91.1 cm³/mol. The van der Waals surface area contributed by atoms with Gasteiger partial charge in [0.1, 0.15) is 5.92 Å². The number of pyridine rings is 1. The number of carbonyl (C=O) groups is 1. The van der Waals surface area contributed by atoms with E-state index in [1.165, 1.54) is 48.8 Å². The molecule has 2 aromatic rings. The fourth-order valence-electron chi connectivity index (χ4n) is 2.96. The Labute approximate surface area is 152 Å². The summed E-state index contributed by atoms with van der Waals surface area (Å²) < 4.78 is 41.2. The van der Waals surface area contributed by atoms with Crippen molar-refractivity contribution in [2.45, 2.75) is 17.9 Å². The molecule has 0 amide bonds. The van der Waals surface area contributed by atoms with E-state index in [0.29, 0.717) is 5.56 Å². The van der Waals surface area contributed by atoms with E-state index >= 15 is 0 Å². The molecular weight excluding hydrogens is 367 g/mol. The molecule has 1 aromatic carbocycles. The summed E-state index contributed by atoms with van der Waals surface area (Å²) >= 11 is 4.84. The second-order valence-electron chi connectivity index (χ2n) is 5.83. The van der Waals surface area contributed by atoms with Crippen LogP contribution in [0.25, 0.3) is 0 Å². The molecule has 2 heterocycles. The molecule has 5 nitrogen and oxygen atoms in total. The van der Waals surface area contributed by atoms with Crippen LogP contribution in [-0.2, 0) is 0 Å². The average Bonchev–Trinajstić information content (AvgIpc) is 2.61. The molecule has 1 fully saturated rings. The number of aliphatic hydroxyl groups is 1. The van der Waals surface area contributed by atoms with Crippen molar-refractivity contribution in [1.29, 1.82) is 0 Å². The molecule has 3 atom stereocenters. The Morgan fingerprint density at radius 3 is 2.46 bits per heavy atom. The zero-order chi connectivity index (χ0) is 18.9. The maximum atomic E-state index is 13.7. The topological polar surface area (TPSA) is 74.2 Å². The van der Waals surface area contributed by atoms with Gasteiger partial charge in [-0.25, -0.2) is 0 Å². The number of hydrogen-bond acceptors (Lipinski definition) is 4. The van der Waals surface area contributed by atoms with Crippen LogP contribution in [0.2, 0.25) is 0 Å². The lowest BCUT2D eigenvalue weighted by Crippen LogP contribution is -2.72. The summed E-state index contributed by atoms with van der Waals surface area (Å²) in [5, 5.41) is 14.6. The lowest BCUT2D eigenvalue weighted by atomic mass is 9.77. The van der Waals surface area contributed by atoms with Crippen molar-refractivity contribution in [3.8, 4) is 0 Å². The van der Waals surface area contributed by atoms with Crippen molar-refractivity contribution in [3.63, 3.8) is 0 Å². The minimum absolute atomic E-state index is 0.0467. The molecule has 3 rings (SSSR count). The number of nitrogens with zero attached hydrogens (tertiary/aromatic N) is 1. The molecule has 1 aliphatic rings.